The van der Waals surface area contributed by atoms with E-state index in [0.29, 0.717) is 5.52 Å². The van der Waals surface area contributed by atoms with E-state index < -0.39 is 0 Å². The van der Waals surface area contributed by atoms with Gasteiger partial charge in [0.1, 0.15) is 11.6 Å². The van der Waals surface area contributed by atoms with E-state index in [-0.39, 0.29) is 42.5 Å². The minimum atomic E-state index is -0.302. The summed E-state index contributed by atoms with van der Waals surface area (Å²) in [5.74, 6) is 0.493. The normalized spacial score (nSPS) is 15.8. The zero-order valence-corrected chi connectivity index (χ0v) is 17.3. The van der Waals surface area contributed by atoms with Crippen LogP contribution in [0.1, 0.15) is 12.0 Å². The van der Waals surface area contributed by atoms with Crippen molar-refractivity contribution in [2.75, 3.05) is 18.4 Å². The van der Waals surface area contributed by atoms with Gasteiger partial charge < -0.3 is 15.2 Å². The molecule has 1 saturated heterocycles. The molecule has 5 nitrogen and oxygen atoms in total. The molecule has 0 radical (unpaired) electrons. The first-order valence-corrected chi connectivity index (χ1v) is 8.77. The van der Waals surface area contributed by atoms with Crippen molar-refractivity contribution in [3.05, 3.63) is 47.8 Å². The summed E-state index contributed by atoms with van der Waals surface area (Å²) in [7, 11) is 1.91. The number of halogens is 3. The summed E-state index contributed by atoms with van der Waals surface area (Å²) in [5.41, 5.74) is 4.15. The summed E-state index contributed by atoms with van der Waals surface area (Å²) in [4.78, 5) is 17.0. The van der Waals surface area contributed by atoms with Crippen LogP contribution in [0.15, 0.2) is 36.4 Å². The predicted octanol–water partition coefficient (Wildman–Crippen LogP) is 4.08. The van der Waals surface area contributed by atoms with Gasteiger partial charge in [0, 0.05) is 30.9 Å². The van der Waals surface area contributed by atoms with Gasteiger partial charge >= 0.3 is 0 Å². The van der Waals surface area contributed by atoms with Crippen molar-refractivity contribution in [1.29, 1.82) is 0 Å². The SMILES string of the molecule is Cc1ccc(-c2nc3cc(F)ccc3n2C)cc1NC(=O)C1CCNC1.Cl.Cl. The molecule has 2 N–H and O–H groups in total. The van der Waals surface area contributed by atoms with Crippen LogP contribution in [0.25, 0.3) is 22.4 Å². The largest absolute Gasteiger partial charge is 0.327 e. The van der Waals surface area contributed by atoms with Crippen molar-refractivity contribution in [2.24, 2.45) is 13.0 Å². The molecular weight excluding hydrogens is 402 g/mol. The van der Waals surface area contributed by atoms with Crippen LogP contribution in [0.3, 0.4) is 0 Å². The molecule has 1 fully saturated rings. The lowest BCUT2D eigenvalue weighted by molar-refractivity contribution is -0.119. The number of hydrogen-bond acceptors (Lipinski definition) is 3. The van der Waals surface area contributed by atoms with E-state index >= 15 is 0 Å². The molecule has 1 aromatic heterocycles. The molecule has 2 aromatic carbocycles. The summed E-state index contributed by atoms with van der Waals surface area (Å²) in [6, 6.07) is 10.5. The third-order valence-corrected chi connectivity index (χ3v) is 5.03. The fraction of sp³-hybridized carbons (Fsp3) is 0.300. The van der Waals surface area contributed by atoms with Crippen molar-refractivity contribution in [2.45, 2.75) is 13.3 Å². The Hall–Kier alpha value is -2.15. The smallest absolute Gasteiger partial charge is 0.228 e. The molecule has 0 aliphatic carbocycles. The number of benzene rings is 2. The van der Waals surface area contributed by atoms with E-state index in [1.165, 1.54) is 12.1 Å². The van der Waals surface area contributed by atoms with Crippen LogP contribution in [-0.2, 0) is 11.8 Å². The summed E-state index contributed by atoms with van der Waals surface area (Å²) in [6.45, 7) is 3.57. The highest BCUT2D eigenvalue weighted by molar-refractivity contribution is 5.94. The topological polar surface area (TPSA) is 59.0 Å². The lowest BCUT2D eigenvalue weighted by Crippen LogP contribution is -2.25. The Morgan fingerprint density at radius 2 is 2.04 bits per heavy atom. The Labute approximate surface area is 175 Å². The quantitative estimate of drug-likeness (QED) is 0.665. The minimum absolute atomic E-state index is 0. The fourth-order valence-corrected chi connectivity index (χ4v) is 3.44. The van der Waals surface area contributed by atoms with Gasteiger partial charge in [-0.15, -0.1) is 24.8 Å². The molecule has 150 valence electrons. The number of hydrogen-bond donors (Lipinski definition) is 2. The Kier molecular flexibility index (Phi) is 7.04. The molecule has 28 heavy (non-hydrogen) atoms. The number of nitrogens with one attached hydrogen (secondary N) is 2. The highest BCUT2D eigenvalue weighted by Crippen LogP contribution is 2.28. The first kappa shape index (κ1) is 22.1. The molecule has 1 amide bonds. The number of carbonyl (C=O) groups excluding carboxylic acids is 1. The maximum absolute atomic E-state index is 13.5. The monoisotopic (exact) mass is 424 g/mol. The van der Waals surface area contributed by atoms with Gasteiger partial charge in [0.15, 0.2) is 0 Å². The standard InChI is InChI=1S/C20H21FN4O.2ClH/c1-12-3-4-13(9-16(12)24-20(26)14-7-8-22-11-14)19-23-17-10-15(21)5-6-18(17)25(19)2;;/h3-6,9-10,14,22H,7-8,11H2,1-2H3,(H,24,26);2*1H. The number of rotatable bonds is 3. The molecule has 1 atom stereocenters. The van der Waals surface area contributed by atoms with Crippen molar-refractivity contribution < 1.29 is 9.18 Å². The average molecular weight is 425 g/mol. The first-order chi connectivity index (χ1) is 12.5. The van der Waals surface area contributed by atoms with Crippen LogP contribution in [0, 0.1) is 18.7 Å². The van der Waals surface area contributed by atoms with Crippen LogP contribution < -0.4 is 10.6 Å². The average Bonchev–Trinajstić information content (AvgIpc) is 3.25. The van der Waals surface area contributed by atoms with Gasteiger partial charge in [0.25, 0.3) is 0 Å². The number of fused-ring (bicyclic) bond motifs is 1. The predicted molar refractivity (Wildman–Crippen MR) is 115 cm³/mol. The third kappa shape index (κ3) is 4.14. The molecule has 1 unspecified atom stereocenters. The van der Waals surface area contributed by atoms with Gasteiger partial charge in [-0.1, -0.05) is 12.1 Å². The summed E-state index contributed by atoms with van der Waals surface area (Å²) in [5, 5.41) is 6.26. The van der Waals surface area contributed by atoms with Crippen LogP contribution in [0.2, 0.25) is 0 Å². The van der Waals surface area contributed by atoms with E-state index in [2.05, 4.69) is 15.6 Å². The third-order valence-electron chi connectivity index (χ3n) is 5.03. The van der Waals surface area contributed by atoms with Gasteiger partial charge in [0.05, 0.1) is 17.0 Å². The maximum atomic E-state index is 13.5. The molecule has 1 aliphatic rings. The number of amides is 1. The maximum Gasteiger partial charge on any atom is 0.228 e. The number of carbonyl (C=O) groups is 1. The van der Waals surface area contributed by atoms with E-state index in [1.807, 2.05) is 36.7 Å². The molecule has 1 aliphatic heterocycles. The molecule has 2 heterocycles. The van der Waals surface area contributed by atoms with Gasteiger partial charge in [-0.2, -0.15) is 0 Å². The second kappa shape index (κ2) is 8.90. The van der Waals surface area contributed by atoms with Crippen molar-refractivity contribution in [3.63, 3.8) is 0 Å². The van der Waals surface area contributed by atoms with Crippen LogP contribution in [0.4, 0.5) is 10.1 Å². The minimum Gasteiger partial charge on any atom is -0.327 e. The van der Waals surface area contributed by atoms with Crippen molar-refractivity contribution >= 4 is 47.4 Å². The van der Waals surface area contributed by atoms with Gasteiger partial charge in [0.2, 0.25) is 5.91 Å². The van der Waals surface area contributed by atoms with E-state index in [4.69, 9.17) is 0 Å². The van der Waals surface area contributed by atoms with Gasteiger partial charge in [-0.3, -0.25) is 4.79 Å². The lowest BCUT2D eigenvalue weighted by Gasteiger charge is -2.13. The number of aromatic nitrogens is 2. The highest BCUT2D eigenvalue weighted by Gasteiger charge is 2.23. The number of imidazole rings is 1. The second-order valence-corrected chi connectivity index (χ2v) is 6.84. The zero-order chi connectivity index (χ0) is 18.3. The Morgan fingerprint density at radius 3 is 2.75 bits per heavy atom. The Morgan fingerprint density at radius 1 is 1.25 bits per heavy atom. The number of aryl methyl sites for hydroxylation is 2. The number of anilines is 1. The lowest BCUT2D eigenvalue weighted by atomic mass is 10.1. The van der Waals surface area contributed by atoms with Gasteiger partial charge in [-0.25, -0.2) is 9.37 Å². The van der Waals surface area contributed by atoms with Crippen LogP contribution in [0.5, 0.6) is 0 Å². The number of nitrogens with zero attached hydrogens (tertiary/aromatic N) is 2. The zero-order valence-electron chi connectivity index (χ0n) is 15.7. The Bertz CT molecular complexity index is 999. The molecule has 0 saturated carbocycles. The Balaban J connectivity index is 0.00000140. The van der Waals surface area contributed by atoms with Gasteiger partial charge in [-0.05, 0) is 43.7 Å². The van der Waals surface area contributed by atoms with Crippen LogP contribution >= 0.6 is 24.8 Å². The summed E-state index contributed by atoms with van der Waals surface area (Å²) >= 11 is 0. The molecular formula is C20H23Cl2FN4O. The molecule has 8 heteroatoms. The molecule has 0 bridgehead atoms. The first-order valence-electron chi connectivity index (χ1n) is 8.77. The van der Waals surface area contributed by atoms with Crippen molar-refractivity contribution in [1.82, 2.24) is 14.9 Å². The highest BCUT2D eigenvalue weighted by atomic mass is 35.5. The molecule has 4 rings (SSSR count). The summed E-state index contributed by atoms with van der Waals surface area (Å²) < 4.78 is 15.4. The van der Waals surface area contributed by atoms with E-state index in [1.54, 1.807) is 6.07 Å². The van der Waals surface area contributed by atoms with Crippen LogP contribution in [-0.4, -0.2) is 28.5 Å². The molecule has 0 spiro atoms. The fourth-order valence-electron chi connectivity index (χ4n) is 3.44. The second-order valence-electron chi connectivity index (χ2n) is 6.84. The summed E-state index contributed by atoms with van der Waals surface area (Å²) in [6.07, 6.45) is 0.862. The van der Waals surface area contributed by atoms with E-state index in [0.717, 1.165) is 47.7 Å². The molecule has 3 aromatic rings. The van der Waals surface area contributed by atoms with E-state index in [9.17, 15) is 9.18 Å². The van der Waals surface area contributed by atoms with Crippen molar-refractivity contribution in [3.8, 4) is 11.4 Å².